The van der Waals surface area contributed by atoms with E-state index in [0.717, 1.165) is 16.9 Å². The molecule has 3 N–H and O–H groups in total. The summed E-state index contributed by atoms with van der Waals surface area (Å²) in [6.07, 6.45) is 1.78. The highest BCUT2D eigenvalue weighted by molar-refractivity contribution is 7.09. The lowest BCUT2D eigenvalue weighted by atomic mass is 10.1. The molecule has 128 valence electrons. The molecule has 0 aliphatic carbocycles. The summed E-state index contributed by atoms with van der Waals surface area (Å²) in [6, 6.07) is 10.9. The van der Waals surface area contributed by atoms with Gasteiger partial charge < -0.3 is 15.7 Å². The van der Waals surface area contributed by atoms with Crippen LogP contribution in [-0.4, -0.2) is 21.0 Å². The molecule has 2 aromatic heterocycles. The van der Waals surface area contributed by atoms with Gasteiger partial charge in [0.15, 0.2) is 0 Å². The van der Waals surface area contributed by atoms with Crippen LogP contribution in [0.4, 0.5) is 11.8 Å². The molecule has 2 heterocycles. The molecule has 0 aliphatic rings. The molecule has 0 saturated heterocycles. The molecule has 7 heteroatoms. The maximum atomic E-state index is 10.9. The van der Waals surface area contributed by atoms with Gasteiger partial charge in [-0.1, -0.05) is 18.2 Å². The van der Waals surface area contributed by atoms with Crippen LogP contribution in [0.25, 0.3) is 0 Å². The number of hydrogen-bond donors (Lipinski definition) is 3. The second-order valence-corrected chi connectivity index (χ2v) is 6.55. The highest BCUT2D eigenvalue weighted by Crippen LogP contribution is 2.16. The molecule has 0 amide bonds. The number of carboxylic acid groups (broad SMARTS) is 1. The molecule has 0 radical (unpaired) electrons. The Bertz CT molecular complexity index is 848. The lowest BCUT2D eigenvalue weighted by Crippen LogP contribution is -2.08. The van der Waals surface area contributed by atoms with Crippen molar-refractivity contribution in [1.29, 1.82) is 0 Å². The molecule has 0 atom stereocenters. The number of thiophene rings is 1. The SMILES string of the molecule is Cc1cnc(NCc2cccs2)nc1NCc1ccc(C(=O)O)cc1. The summed E-state index contributed by atoms with van der Waals surface area (Å²) in [4.78, 5) is 20.9. The molecule has 3 aromatic rings. The number of anilines is 2. The van der Waals surface area contributed by atoms with Crippen LogP contribution in [0.5, 0.6) is 0 Å². The Hall–Kier alpha value is -2.93. The number of aryl methyl sites for hydroxylation is 1. The molecule has 0 saturated carbocycles. The zero-order valence-corrected chi connectivity index (χ0v) is 14.5. The van der Waals surface area contributed by atoms with Crippen molar-refractivity contribution in [1.82, 2.24) is 9.97 Å². The fourth-order valence-corrected chi connectivity index (χ4v) is 2.88. The first-order chi connectivity index (χ1) is 12.1. The van der Waals surface area contributed by atoms with Crippen LogP contribution >= 0.6 is 11.3 Å². The van der Waals surface area contributed by atoms with Crippen LogP contribution in [-0.2, 0) is 13.1 Å². The number of hydrogen-bond acceptors (Lipinski definition) is 6. The number of nitrogens with zero attached hydrogens (tertiary/aromatic N) is 2. The average molecular weight is 354 g/mol. The van der Waals surface area contributed by atoms with Gasteiger partial charge in [-0.2, -0.15) is 4.98 Å². The van der Waals surface area contributed by atoms with E-state index in [-0.39, 0.29) is 5.56 Å². The fourth-order valence-electron chi connectivity index (χ4n) is 2.24. The summed E-state index contributed by atoms with van der Waals surface area (Å²) < 4.78 is 0. The molecule has 3 rings (SSSR count). The van der Waals surface area contributed by atoms with Crippen LogP contribution in [0.1, 0.15) is 26.4 Å². The largest absolute Gasteiger partial charge is 0.478 e. The Balaban J connectivity index is 1.63. The topological polar surface area (TPSA) is 87.1 Å². The zero-order valence-electron chi connectivity index (χ0n) is 13.7. The van der Waals surface area contributed by atoms with Crippen molar-refractivity contribution in [3.63, 3.8) is 0 Å². The maximum Gasteiger partial charge on any atom is 0.335 e. The summed E-state index contributed by atoms with van der Waals surface area (Å²) in [5.74, 6) is 0.404. The number of aromatic nitrogens is 2. The Morgan fingerprint density at radius 1 is 1.16 bits per heavy atom. The maximum absolute atomic E-state index is 10.9. The Labute approximate surface area is 149 Å². The fraction of sp³-hybridized carbons (Fsp3) is 0.167. The van der Waals surface area contributed by atoms with Gasteiger partial charge in [0, 0.05) is 23.2 Å². The van der Waals surface area contributed by atoms with Crippen molar-refractivity contribution in [3.05, 3.63) is 69.5 Å². The molecule has 0 spiro atoms. The summed E-state index contributed by atoms with van der Waals surface area (Å²) >= 11 is 1.68. The van der Waals surface area contributed by atoms with Crippen molar-refractivity contribution >= 4 is 29.1 Å². The number of aromatic carboxylic acids is 1. The summed E-state index contributed by atoms with van der Waals surface area (Å²) in [7, 11) is 0. The third-order valence-electron chi connectivity index (χ3n) is 3.63. The van der Waals surface area contributed by atoms with Crippen LogP contribution < -0.4 is 10.6 Å². The Morgan fingerprint density at radius 3 is 2.64 bits per heavy atom. The molecule has 0 aliphatic heterocycles. The van der Waals surface area contributed by atoms with Crippen LogP contribution in [0.15, 0.2) is 48.0 Å². The van der Waals surface area contributed by atoms with Gasteiger partial charge in [0.05, 0.1) is 12.1 Å². The van der Waals surface area contributed by atoms with E-state index in [0.29, 0.717) is 19.0 Å². The van der Waals surface area contributed by atoms with Gasteiger partial charge in [-0.05, 0) is 36.1 Å². The van der Waals surface area contributed by atoms with E-state index < -0.39 is 5.97 Å². The third kappa shape index (κ3) is 4.54. The molecule has 6 nitrogen and oxygen atoms in total. The van der Waals surface area contributed by atoms with Crippen LogP contribution in [0, 0.1) is 6.92 Å². The quantitative estimate of drug-likeness (QED) is 0.599. The first-order valence-corrected chi connectivity index (χ1v) is 8.66. The molecule has 0 unspecified atom stereocenters. The zero-order chi connectivity index (χ0) is 17.6. The lowest BCUT2D eigenvalue weighted by Gasteiger charge is -2.11. The smallest absolute Gasteiger partial charge is 0.335 e. The number of benzene rings is 1. The predicted molar refractivity (Wildman–Crippen MR) is 99.1 cm³/mol. The number of nitrogens with one attached hydrogen (secondary N) is 2. The molecular formula is C18H18N4O2S. The lowest BCUT2D eigenvalue weighted by molar-refractivity contribution is 0.0697. The average Bonchev–Trinajstić information content (AvgIpc) is 3.14. The number of carboxylic acids is 1. The van der Waals surface area contributed by atoms with E-state index in [2.05, 4.69) is 26.7 Å². The van der Waals surface area contributed by atoms with Crippen LogP contribution in [0.2, 0.25) is 0 Å². The first kappa shape index (κ1) is 16.9. The van der Waals surface area contributed by atoms with Crippen molar-refractivity contribution in [2.45, 2.75) is 20.0 Å². The van der Waals surface area contributed by atoms with Gasteiger partial charge in [0.2, 0.25) is 5.95 Å². The normalized spacial score (nSPS) is 10.4. The van der Waals surface area contributed by atoms with Crippen molar-refractivity contribution in [3.8, 4) is 0 Å². The monoisotopic (exact) mass is 354 g/mol. The molecule has 0 bridgehead atoms. The number of carbonyl (C=O) groups is 1. The predicted octanol–water partition coefficient (Wildman–Crippen LogP) is 3.77. The molecular weight excluding hydrogens is 336 g/mol. The van der Waals surface area contributed by atoms with Gasteiger partial charge in [0.25, 0.3) is 0 Å². The molecule has 0 fully saturated rings. The minimum Gasteiger partial charge on any atom is -0.478 e. The van der Waals surface area contributed by atoms with Crippen molar-refractivity contribution in [2.75, 3.05) is 10.6 Å². The highest BCUT2D eigenvalue weighted by Gasteiger charge is 2.06. The molecule has 25 heavy (non-hydrogen) atoms. The minimum absolute atomic E-state index is 0.280. The summed E-state index contributed by atoms with van der Waals surface area (Å²) in [6.45, 7) is 3.19. The Kier molecular flexibility index (Phi) is 5.25. The van der Waals surface area contributed by atoms with E-state index >= 15 is 0 Å². The molecule has 1 aromatic carbocycles. The van der Waals surface area contributed by atoms with E-state index in [4.69, 9.17) is 5.11 Å². The summed E-state index contributed by atoms with van der Waals surface area (Å²) in [5.41, 5.74) is 2.21. The standard InChI is InChI=1S/C18H18N4O2S/c1-12-9-20-18(21-11-15-3-2-8-25-15)22-16(12)19-10-13-4-6-14(7-5-13)17(23)24/h2-9H,10-11H2,1H3,(H,23,24)(H2,19,20,21,22). The highest BCUT2D eigenvalue weighted by atomic mass is 32.1. The van der Waals surface area contributed by atoms with E-state index in [9.17, 15) is 4.79 Å². The second kappa shape index (κ2) is 7.76. The van der Waals surface area contributed by atoms with Gasteiger partial charge in [-0.3, -0.25) is 0 Å². The minimum atomic E-state index is -0.924. The van der Waals surface area contributed by atoms with Crippen molar-refractivity contribution in [2.24, 2.45) is 0 Å². The second-order valence-electron chi connectivity index (χ2n) is 5.51. The van der Waals surface area contributed by atoms with Gasteiger partial charge in [0.1, 0.15) is 5.82 Å². The van der Waals surface area contributed by atoms with E-state index in [1.165, 1.54) is 4.88 Å². The van der Waals surface area contributed by atoms with E-state index in [1.807, 2.05) is 18.4 Å². The Morgan fingerprint density at radius 2 is 1.96 bits per heavy atom. The van der Waals surface area contributed by atoms with E-state index in [1.54, 1.807) is 41.8 Å². The van der Waals surface area contributed by atoms with Crippen LogP contribution in [0.3, 0.4) is 0 Å². The summed E-state index contributed by atoms with van der Waals surface area (Å²) in [5, 5.41) is 17.5. The third-order valence-corrected chi connectivity index (χ3v) is 4.51. The van der Waals surface area contributed by atoms with Gasteiger partial charge in [-0.15, -0.1) is 11.3 Å². The van der Waals surface area contributed by atoms with Gasteiger partial charge in [-0.25, -0.2) is 9.78 Å². The van der Waals surface area contributed by atoms with Crippen molar-refractivity contribution < 1.29 is 9.90 Å². The number of rotatable bonds is 7. The first-order valence-electron chi connectivity index (χ1n) is 7.78. The van der Waals surface area contributed by atoms with Gasteiger partial charge >= 0.3 is 5.97 Å².